The maximum atomic E-state index is 10.4. The van der Waals surface area contributed by atoms with Crippen LogP contribution in [0, 0.1) is 13.8 Å². The van der Waals surface area contributed by atoms with Crippen molar-refractivity contribution in [2.45, 2.75) is 39.8 Å². The molecule has 2 aromatic rings. The second-order valence-corrected chi connectivity index (χ2v) is 4.47. The first kappa shape index (κ1) is 12.7. The van der Waals surface area contributed by atoms with E-state index in [4.69, 9.17) is 0 Å². The molecule has 0 aromatic carbocycles. The number of aromatic nitrogens is 4. The van der Waals surface area contributed by atoms with Gasteiger partial charge in [-0.3, -0.25) is 4.98 Å². The molecule has 0 bridgehead atoms. The number of hydrogen-bond acceptors (Lipinski definition) is 4. The van der Waals surface area contributed by atoms with Gasteiger partial charge < -0.3 is 5.11 Å². The lowest BCUT2D eigenvalue weighted by molar-refractivity contribution is 0.207. The number of nitrogens with zero attached hydrogens (tertiary/aromatic N) is 4. The Morgan fingerprint density at radius 2 is 1.94 bits per heavy atom. The first-order valence-electron chi connectivity index (χ1n) is 6.13. The van der Waals surface area contributed by atoms with Gasteiger partial charge in [0.1, 0.15) is 6.10 Å². The molecule has 1 atom stereocenters. The van der Waals surface area contributed by atoms with E-state index < -0.39 is 6.10 Å². The van der Waals surface area contributed by atoms with Gasteiger partial charge in [0.05, 0.1) is 11.9 Å². The largest absolute Gasteiger partial charge is 0.382 e. The highest BCUT2D eigenvalue weighted by molar-refractivity contribution is 5.27. The van der Waals surface area contributed by atoms with Crippen LogP contribution in [0.3, 0.4) is 0 Å². The summed E-state index contributed by atoms with van der Waals surface area (Å²) < 4.78 is 1.75. The van der Waals surface area contributed by atoms with Crippen molar-refractivity contribution in [3.63, 3.8) is 0 Å². The second-order valence-electron chi connectivity index (χ2n) is 4.47. The minimum absolute atomic E-state index is 0.702. The molecule has 0 fully saturated rings. The second kappa shape index (κ2) is 5.27. The zero-order valence-corrected chi connectivity index (χ0v) is 11.0. The van der Waals surface area contributed by atoms with E-state index in [1.165, 1.54) is 0 Å². The van der Waals surface area contributed by atoms with Crippen molar-refractivity contribution in [1.82, 2.24) is 20.0 Å². The van der Waals surface area contributed by atoms with Crippen LogP contribution in [0.2, 0.25) is 0 Å². The molecular weight excluding hydrogens is 228 g/mol. The Morgan fingerprint density at radius 1 is 1.28 bits per heavy atom. The molecule has 2 heterocycles. The van der Waals surface area contributed by atoms with Crippen molar-refractivity contribution in [2.24, 2.45) is 0 Å². The van der Waals surface area contributed by atoms with Gasteiger partial charge in [-0.2, -0.15) is 0 Å². The lowest BCUT2D eigenvalue weighted by Crippen LogP contribution is -2.10. The Labute approximate surface area is 106 Å². The fourth-order valence-corrected chi connectivity index (χ4v) is 2.06. The SMILES string of the molecule is CCCn1nncc1C(O)c1cc(C)nc(C)c1. The molecule has 0 aliphatic heterocycles. The van der Waals surface area contributed by atoms with Crippen molar-refractivity contribution in [2.75, 3.05) is 0 Å². The van der Waals surface area contributed by atoms with E-state index in [9.17, 15) is 5.11 Å². The van der Waals surface area contributed by atoms with Gasteiger partial charge in [-0.1, -0.05) is 12.1 Å². The summed E-state index contributed by atoms with van der Waals surface area (Å²) in [6.07, 6.45) is 1.87. The van der Waals surface area contributed by atoms with Crippen LogP contribution in [0.5, 0.6) is 0 Å². The Bertz CT molecular complexity index is 515. The Kier molecular flexibility index (Phi) is 3.72. The molecule has 0 saturated carbocycles. The molecular formula is C13H18N4O. The van der Waals surface area contributed by atoms with Gasteiger partial charge in [0.2, 0.25) is 0 Å². The Balaban J connectivity index is 2.34. The van der Waals surface area contributed by atoms with Gasteiger partial charge in [-0.15, -0.1) is 5.10 Å². The van der Waals surface area contributed by atoms with Crippen LogP contribution in [0.1, 0.15) is 42.1 Å². The smallest absolute Gasteiger partial charge is 0.122 e. The standard InChI is InChI=1S/C13H18N4O/c1-4-5-17-12(8-14-16-17)13(18)11-6-9(2)15-10(3)7-11/h6-8,13,18H,4-5H2,1-3H3. The summed E-state index contributed by atoms with van der Waals surface area (Å²) in [5.74, 6) is 0. The zero-order chi connectivity index (χ0) is 13.1. The third-order valence-electron chi connectivity index (χ3n) is 2.78. The van der Waals surface area contributed by atoms with E-state index in [-0.39, 0.29) is 0 Å². The molecule has 96 valence electrons. The fourth-order valence-electron chi connectivity index (χ4n) is 2.06. The maximum Gasteiger partial charge on any atom is 0.122 e. The highest BCUT2D eigenvalue weighted by Crippen LogP contribution is 2.22. The minimum atomic E-state index is -0.702. The van der Waals surface area contributed by atoms with E-state index in [1.54, 1.807) is 10.9 Å². The topological polar surface area (TPSA) is 63.8 Å². The van der Waals surface area contributed by atoms with Crippen LogP contribution in [0.25, 0.3) is 0 Å². The first-order chi connectivity index (χ1) is 8.61. The number of rotatable bonds is 4. The third kappa shape index (κ3) is 2.56. The molecule has 1 unspecified atom stereocenters. The number of aliphatic hydroxyl groups excluding tert-OH is 1. The van der Waals surface area contributed by atoms with Crippen molar-refractivity contribution < 1.29 is 5.11 Å². The number of aryl methyl sites for hydroxylation is 3. The Morgan fingerprint density at radius 3 is 2.56 bits per heavy atom. The van der Waals surface area contributed by atoms with E-state index >= 15 is 0 Å². The van der Waals surface area contributed by atoms with Crippen LogP contribution in [0.4, 0.5) is 0 Å². The predicted octanol–water partition coefficient (Wildman–Crippen LogP) is 1.78. The maximum absolute atomic E-state index is 10.4. The van der Waals surface area contributed by atoms with E-state index in [0.717, 1.165) is 35.6 Å². The van der Waals surface area contributed by atoms with Gasteiger partial charge in [-0.25, -0.2) is 4.68 Å². The van der Waals surface area contributed by atoms with Crippen LogP contribution in [0.15, 0.2) is 18.3 Å². The van der Waals surface area contributed by atoms with Crippen molar-refractivity contribution in [3.8, 4) is 0 Å². The molecule has 2 rings (SSSR count). The first-order valence-corrected chi connectivity index (χ1v) is 6.13. The molecule has 0 amide bonds. The average molecular weight is 246 g/mol. The summed E-state index contributed by atoms with van der Waals surface area (Å²) in [7, 11) is 0. The van der Waals surface area contributed by atoms with Crippen LogP contribution in [-0.4, -0.2) is 25.1 Å². The van der Waals surface area contributed by atoms with Gasteiger partial charge in [0.25, 0.3) is 0 Å². The lowest BCUT2D eigenvalue weighted by Gasteiger charge is -2.13. The summed E-state index contributed by atoms with van der Waals surface area (Å²) in [6.45, 7) is 6.67. The zero-order valence-electron chi connectivity index (χ0n) is 11.0. The van der Waals surface area contributed by atoms with Crippen LogP contribution in [-0.2, 0) is 6.54 Å². The summed E-state index contributed by atoms with van der Waals surface area (Å²) in [4.78, 5) is 4.31. The molecule has 0 spiro atoms. The number of aliphatic hydroxyl groups is 1. The molecule has 0 aliphatic rings. The fraction of sp³-hybridized carbons (Fsp3) is 0.462. The number of pyridine rings is 1. The summed E-state index contributed by atoms with van der Waals surface area (Å²) in [5.41, 5.74) is 3.36. The van der Waals surface area contributed by atoms with Crippen molar-refractivity contribution in [3.05, 3.63) is 41.0 Å². The molecule has 2 aromatic heterocycles. The molecule has 18 heavy (non-hydrogen) atoms. The highest BCUT2D eigenvalue weighted by Gasteiger charge is 2.16. The van der Waals surface area contributed by atoms with E-state index in [1.807, 2.05) is 26.0 Å². The monoisotopic (exact) mass is 246 g/mol. The molecule has 5 nitrogen and oxygen atoms in total. The number of hydrogen-bond donors (Lipinski definition) is 1. The van der Waals surface area contributed by atoms with Crippen molar-refractivity contribution >= 4 is 0 Å². The van der Waals surface area contributed by atoms with Crippen LogP contribution < -0.4 is 0 Å². The third-order valence-corrected chi connectivity index (χ3v) is 2.78. The van der Waals surface area contributed by atoms with E-state index in [2.05, 4.69) is 22.2 Å². The van der Waals surface area contributed by atoms with Gasteiger partial charge >= 0.3 is 0 Å². The minimum Gasteiger partial charge on any atom is -0.382 e. The summed E-state index contributed by atoms with van der Waals surface area (Å²) >= 11 is 0. The summed E-state index contributed by atoms with van der Waals surface area (Å²) in [5, 5.41) is 18.3. The molecule has 0 radical (unpaired) electrons. The molecule has 0 saturated heterocycles. The molecule has 5 heteroatoms. The summed E-state index contributed by atoms with van der Waals surface area (Å²) in [6, 6.07) is 3.78. The average Bonchev–Trinajstić information content (AvgIpc) is 2.75. The highest BCUT2D eigenvalue weighted by atomic mass is 16.3. The normalized spacial score (nSPS) is 12.7. The van der Waals surface area contributed by atoms with E-state index in [0.29, 0.717) is 0 Å². The Hall–Kier alpha value is -1.75. The lowest BCUT2D eigenvalue weighted by atomic mass is 10.1. The van der Waals surface area contributed by atoms with Gasteiger partial charge in [0.15, 0.2) is 0 Å². The predicted molar refractivity (Wildman–Crippen MR) is 68.1 cm³/mol. The quantitative estimate of drug-likeness (QED) is 0.893. The van der Waals surface area contributed by atoms with Crippen LogP contribution >= 0.6 is 0 Å². The molecule has 0 aliphatic carbocycles. The van der Waals surface area contributed by atoms with Gasteiger partial charge in [0, 0.05) is 17.9 Å². The van der Waals surface area contributed by atoms with Gasteiger partial charge in [-0.05, 0) is 38.0 Å². The molecule has 1 N–H and O–H groups in total. The van der Waals surface area contributed by atoms with Crippen molar-refractivity contribution in [1.29, 1.82) is 0 Å².